The summed E-state index contributed by atoms with van der Waals surface area (Å²) in [4.78, 5) is 1.22. The maximum atomic E-state index is 5.56. The van der Waals surface area contributed by atoms with Crippen molar-refractivity contribution in [1.29, 1.82) is 0 Å². The number of aromatic nitrogens is 1. The van der Waals surface area contributed by atoms with Crippen LogP contribution >= 0.6 is 11.5 Å². The molecular formula is C11H12N2S. The molecule has 14 heavy (non-hydrogen) atoms. The molecule has 0 saturated carbocycles. The standard InChI is InChI=1S/C11H12N2S/c1-8-3-2-4-9(5-8)6-10-7-11(12)13-14-10/h2-5,7H,6H2,1H3,(H2,12,13). The molecule has 3 heteroatoms. The first kappa shape index (κ1) is 9.21. The van der Waals surface area contributed by atoms with Gasteiger partial charge in [0.05, 0.1) is 0 Å². The van der Waals surface area contributed by atoms with Gasteiger partial charge in [-0.1, -0.05) is 29.8 Å². The summed E-state index contributed by atoms with van der Waals surface area (Å²) < 4.78 is 4.05. The number of hydrogen-bond acceptors (Lipinski definition) is 3. The third kappa shape index (κ3) is 2.12. The van der Waals surface area contributed by atoms with Crippen LogP contribution in [0.1, 0.15) is 16.0 Å². The normalized spacial score (nSPS) is 10.4. The summed E-state index contributed by atoms with van der Waals surface area (Å²) in [6.07, 6.45) is 0.927. The molecule has 0 aliphatic rings. The Hall–Kier alpha value is -1.35. The predicted molar refractivity (Wildman–Crippen MR) is 60.5 cm³/mol. The van der Waals surface area contributed by atoms with Crippen molar-refractivity contribution >= 4 is 17.4 Å². The van der Waals surface area contributed by atoms with Crippen LogP contribution < -0.4 is 5.73 Å². The first-order valence-corrected chi connectivity index (χ1v) is 5.28. The van der Waals surface area contributed by atoms with Crippen LogP contribution in [-0.2, 0) is 6.42 Å². The van der Waals surface area contributed by atoms with Crippen molar-refractivity contribution in [1.82, 2.24) is 4.37 Å². The van der Waals surface area contributed by atoms with E-state index < -0.39 is 0 Å². The van der Waals surface area contributed by atoms with E-state index in [1.807, 2.05) is 6.07 Å². The topological polar surface area (TPSA) is 38.9 Å². The highest BCUT2D eigenvalue weighted by Gasteiger charge is 2.00. The number of rotatable bonds is 2. The Kier molecular flexibility index (Phi) is 2.50. The molecule has 0 aliphatic carbocycles. The zero-order valence-corrected chi connectivity index (χ0v) is 8.84. The van der Waals surface area contributed by atoms with Crippen molar-refractivity contribution < 1.29 is 0 Å². The van der Waals surface area contributed by atoms with Gasteiger partial charge in [-0.2, -0.15) is 4.37 Å². The largest absolute Gasteiger partial charge is 0.383 e. The Labute approximate surface area is 87.6 Å². The van der Waals surface area contributed by atoms with Gasteiger partial charge in [-0.05, 0) is 30.1 Å². The zero-order chi connectivity index (χ0) is 9.97. The lowest BCUT2D eigenvalue weighted by atomic mass is 10.1. The van der Waals surface area contributed by atoms with E-state index in [0.29, 0.717) is 5.82 Å². The Balaban J connectivity index is 2.18. The molecule has 0 radical (unpaired) electrons. The minimum Gasteiger partial charge on any atom is -0.383 e. The summed E-state index contributed by atoms with van der Waals surface area (Å²) in [7, 11) is 0. The monoisotopic (exact) mass is 204 g/mol. The summed E-state index contributed by atoms with van der Waals surface area (Å²) >= 11 is 1.48. The number of nitrogens with two attached hydrogens (primary N) is 1. The number of nitrogens with zero attached hydrogens (tertiary/aromatic N) is 1. The third-order valence-electron chi connectivity index (χ3n) is 2.04. The fourth-order valence-corrected chi connectivity index (χ4v) is 2.12. The van der Waals surface area contributed by atoms with Crippen LogP contribution in [0.4, 0.5) is 5.82 Å². The fraction of sp³-hybridized carbons (Fsp3) is 0.182. The minimum absolute atomic E-state index is 0.623. The van der Waals surface area contributed by atoms with Gasteiger partial charge >= 0.3 is 0 Å². The molecule has 2 N–H and O–H groups in total. The molecule has 0 unspecified atom stereocenters. The van der Waals surface area contributed by atoms with Crippen LogP contribution in [0.3, 0.4) is 0 Å². The van der Waals surface area contributed by atoms with Crippen molar-refractivity contribution in [3.05, 3.63) is 46.3 Å². The number of hydrogen-bond donors (Lipinski definition) is 1. The van der Waals surface area contributed by atoms with Crippen LogP contribution in [-0.4, -0.2) is 4.37 Å². The fourth-order valence-electron chi connectivity index (χ4n) is 1.44. The van der Waals surface area contributed by atoms with Crippen LogP contribution in [0.15, 0.2) is 30.3 Å². The Bertz CT molecular complexity index is 434. The average Bonchev–Trinajstić information content (AvgIpc) is 2.51. The average molecular weight is 204 g/mol. The van der Waals surface area contributed by atoms with Crippen LogP contribution in [0.5, 0.6) is 0 Å². The molecule has 72 valence electrons. The maximum absolute atomic E-state index is 5.56. The third-order valence-corrected chi connectivity index (χ3v) is 2.84. The van der Waals surface area contributed by atoms with E-state index in [1.165, 1.54) is 27.5 Å². The van der Waals surface area contributed by atoms with Gasteiger partial charge in [0.1, 0.15) is 5.82 Å². The van der Waals surface area contributed by atoms with E-state index in [9.17, 15) is 0 Å². The van der Waals surface area contributed by atoms with Gasteiger partial charge < -0.3 is 5.73 Å². The second-order valence-electron chi connectivity index (χ2n) is 3.38. The smallest absolute Gasteiger partial charge is 0.137 e. The van der Waals surface area contributed by atoms with E-state index in [4.69, 9.17) is 5.73 Å². The molecule has 1 aromatic heterocycles. The first-order chi connectivity index (χ1) is 6.74. The molecule has 0 saturated heterocycles. The molecule has 0 spiro atoms. The van der Waals surface area contributed by atoms with Gasteiger partial charge in [0.2, 0.25) is 0 Å². The van der Waals surface area contributed by atoms with Crippen LogP contribution in [0.25, 0.3) is 0 Å². The SMILES string of the molecule is Cc1cccc(Cc2cc(N)ns2)c1. The molecule has 1 aromatic carbocycles. The Morgan fingerprint density at radius 3 is 2.86 bits per heavy atom. The highest BCUT2D eigenvalue weighted by molar-refractivity contribution is 7.06. The van der Waals surface area contributed by atoms with E-state index in [2.05, 4.69) is 35.6 Å². The first-order valence-electron chi connectivity index (χ1n) is 4.50. The predicted octanol–water partition coefficient (Wildman–Crippen LogP) is 2.62. The number of nitrogen functional groups attached to an aromatic ring is 1. The van der Waals surface area contributed by atoms with Gasteiger partial charge in [0.25, 0.3) is 0 Å². The Morgan fingerprint density at radius 1 is 1.36 bits per heavy atom. The number of benzene rings is 1. The molecule has 0 aliphatic heterocycles. The highest BCUT2D eigenvalue weighted by atomic mass is 32.1. The van der Waals surface area contributed by atoms with Gasteiger partial charge in [0.15, 0.2) is 0 Å². The lowest BCUT2D eigenvalue weighted by Gasteiger charge is -1.98. The molecule has 2 rings (SSSR count). The second kappa shape index (κ2) is 3.80. The molecule has 0 fully saturated rings. The molecular weight excluding hydrogens is 192 g/mol. The second-order valence-corrected chi connectivity index (χ2v) is 4.27. The zero-order valence-electron chi connectivity index (χ0n) is 8.03. The minimum atomic E-state index is 0.623. The van der Waals surface area contributed by atoms with E-state index in [1.54, 1.807) is 0 Å². The lowest BCUT2D eigenvalue weighted by Crippen LogP contribution is -1.85. The van der Waals surface area contributed by atoms with Crippen LogP contribution in [0, 0.1) is 6.92 Å². The molecule has 0 amide bonds. The van der Waals surface area contributed by atoms with Crippen molar-refractivity contribution in [2.45, 2.75) is 13.3 Å². The molecule has 2 nitrogen and oxygen atoms in total. The van der Waals surface area contributed by atoms with Crippen LogP contribution in [0.2, 0.25) is 0 Å². The summed E-state index contributed by atoms with van der Waals surface area (Å²) in [5.41, 5.74) is 8.17. The lowest BCUT2D eigenvalue weighted by molar-refractivity contribution is 1.22. The molecule has 0 atom stereocenters. The highest BCUT2D eigenvalue weighted by Crippen LogP contribution is 2.16. The van der Waals surface area contributed by atoms with E-state index in [-0.39, 0.29) is 0 Å². The van der Waals surface area contributed by atoms with Crippen molar-refractivity contribution in [3.63, 3.8) is 0 Å². The van der Waals surface area contributed by atoms with Gasteiger partial charge in [-0.15, -0.1) is 0 Å². The van der Waals surface area contributed by atoms with E-state index >= 15 is 0 Å². The Morgan fingerprint density at radius 2 is 2.21 bits per heavy atom. The quantitative estimate of drug-likeness (QED) is 0.816. The molecule has 2 aromatic rings. The summed E-state index contributed by atoms with van der Waals surface area (Å²) in [6.45, 7) is 2.10. The van der Waals surface area contributed by atoms with Gasteiger partial charge in [0, 0.05) is 11.3 Å². The summed E-state index contributed by atoms with van der Waals surface area (Å²) in [5.74, 6) is 0.623. The van der Waals surface area contributed by atoms with Gasteiger partial charge in [-0.25, -0.2) is 0 Å². The van der Waals surface area contributed by atoms with Crippen molar-refractivity contribution in [2.75, 3.05) is 5.73 Å². The summed E-state index contributed by atoms with van der Waals surface area (Å²) in [5, 5.41) is 0. The van der Waals surface area contributed by atoms with E-state index in [0.717, 1.165) is 6.42 Å². The van der Waals surface area contributed by atoms with Crippen molar-refractivity contribution in [3.8, 4) is 0 Å². The summed E-state index contributed by atoms with van der Waals surface area (Å²) in [6, 6.07) is 10.4. The molecule has 1 heterocycles. The van der Waals surface area contributed by atoms with Crippen molar-refractivity contribution in [2.24, 2.45) is 0 Å². The number of anilines is 1. The molecule has 0 bridgehead atoms. The maximum Gasteiger partial charge on any atom is 0.137 e. The number of aryl methyl sites for hydroxylation is 1. The van der Waals surface area contributed by atoms with Gasteiger partial charge in [-0.3, -0.25) is 0 Å².